The summed E-state index contributed by atoms with van der Waals surface area (Å²) in [6.45, 7) is 4.22. The molecule has 2 aromatic rings. The molecule has 0 bridgehead atoms. The molecule has 1 saturated heterocycles. The van der Waals surface area contributed by atoms with Gasteiger partial charge >= 0.3 is 0 Å². The second kappa shape index (κ2) is 8.31. The van der Waals surface area contributed by atoms with E-state index in [1.807, 2.05) is 30.3 Å². The molecule has 1 aliphatic rings. The van der Waals surface area contributed by atoms with Crippen LogP contribution in [-0.4, -0.2) is 30.8 Å². The zero-order valence-electron chi connectivity index (χ0n) is 14.9. The molecule has 1 fully saturated rings. The summed E-state index contributed by atoms with van der Waals surface area (Å²) in [4.78, 5) is 38.9. The number of carbonyl (C=O) groups is 3. The molecule has 1 heterocycles. The van der Waals surface area contributed by atoms with Crippen molar-refractivity contribution in [3.8, 4) is 0 Å². The minimum Gasteiger partial charge on any atom is -0.349 e. The summed E-state index contributed by atoms with van der Waals surface area (Å²) in [5.41, 5.74) is 1.58. The van der Waals surface area contributed by atoms with Crippen molar-refractivity contribution in [3.63, 3.8) is 0 Å². The monoisotopic (exact) mass is 363 g/mol. The van der Waals surface area contributed by atoms with E-state index in [-0.39, 0.29) is 24.1 Å². The zero-order chi connectivity index (χ0) is 19.2. The van der Waals surface area contributed by atoms with Gasteiger partial charge in [0.2, 0.25) is 11.8 Å². The van der Waals surface area contributed by atoms with Gasteiger partial charge in [-0.25, -0.2) is 0 Å². The number of amides is 3. The van der Waals surface area contributed by atoms with Gasteiger partial charge in [0.25, 0.3) is 5.91 Å². The highest BCUT2D eigenvalue weighted by Crippen LogP contribution is 2.26. The van der Waals surface area contributed by atoms with Crippen LogP contribution in [0.25, 0.3) is 0 Å². The van der Waals surface area contributed by atoms with E-state index in [9.17, 15) is 14.4 Å². The molecule has 0 aromatic heterocycles. The molecule has 1 aliphatic heterocycles. The number of hydrogen-bond donors (Lipinski definition) is 2. The maximum atomic E-state index is 12.7. The van der Waals surface area contributed by atoms with Crippen LogP contribution in [-0.2, 0) is 9.59 Å². The molecule has 6 heteroatoms. The highest BCUT2D eigenvalue weighted by molar-refractivity contribution is 6.07. The van der Waals surface area contributed by atoms with E-state index in [4.69, 9.17) is 0 Å². The summed E-state index contributed by atoms with van der Waals surface area (Å²) in [6, 6.07) is 16.1. The standard InChI is InChI=1S/C21H21N3O3/c1-2-12-22-21(27)17-10-6-7-11-18(17)23-20(26)15-13-19(25)24(14-15)16-8-4-3-5-9-16/h2-11,15H,1,12-14H2,(H,22,27)(H,23,26)/t15-/m1/s1. The number of carbonyl (C=O) groups excluding carboxylic acids is 3. The first-order valence-electron chi connectivity index (χ1n) is 8.74. The lowest BCUT2D eigenvalue weighted by molar-refractivity contribution is -0.122. The van der Waals surface area contributed by atoms with Crippen LogP contribution in [0, 0.1) is 5.92 Å². The van der Waals surface area contributed by atoms with E-state index in [1.54, 1.807) is 35.2 Å². The molecular weight excluding hydrogens is 342 g/mol. The largest absolute Gasteiger partial charge is 0.349 e. The average molecular weight is 363 g/mol. The van der Waals surface area contributed by atoms with Gasteiger partial charge < -0.3 is 15.5 Å². The molecule has 138 valence electrons. The van der Waals surface area contributed by atoms with Crippen molar-refractivity contribution >= 4 is 29.1 Å². The van der Waals surface area contributed by atoms with E-state index in [0.29, 0.717) is 24.3 Å². The fourth-order valence-corrected chi connectivity index (χ4v) is 3.03. The van der Waals surface area contributed by atoms with Crippen LogP contribution in [0.1, 0.15) is 16.8 Å². The molecule has 3 amide bonds. The molecule has 3 rings (SSSR count). The zero-order valence-corrected chi connectivity index (χ0v) is 14.9. The van der Waals surface area contributed by atoms with E-state index in [0.717, 1.165) is 5.69 Å². The van der Waals surface area contributed by atoms with E-state index < -0.39 is 5.92 Å². The summed E-state index contributed by atoms with van der Waals surface area (Å²) in [6.07, 6.45) is 1.73. The fraction of sp³-hybridized carbons (Fsp3) is 0.190. The van der Waals surface area contributed by atoms with Crippen LogP contribution in [0.3, 0.4) is 0 Å². The minimum absolute atomic E-state index is 0.0849. The lowest BCUT2D eigenvalue weighted by atomic mass is 10.1. The van der Waals surface area contributed by atoms with Crippen molar-refractivity contribution in [1.29, 1.82) is 0 Å². The number of para-hydroxylation sites is 2. The molecular formula is C21H21N3O3. The summed E-state index contributed by atoms with van der Waals surface area (Å²) in [5, 5.41) is 5.49. The maximum Gasteiger partial charge on any atom is 0.253 e. The number of rotatable bonds is 6. The van der Waals surface area contributed by atoms with Crippen molar-refractivity contribution < 1.29 is 14.4 Å². The molecule has 1 atom stereocenters. The molecule has 0 radical (unpaired) electrons. The molecule has 2 aromatic carbocycles. The number of hydrogen-bond acceptors (Lipinski definition) is 3. The number of nitrogens with zero attached hydrogens (tertiary/aromatic N) is 1. The summed E-state index contributed by atoms with van der Waals surface area (Å²) in [5.74, 6) is -1.12. The molecule has 0 saturated carbocycles. The first-order chi connectivity index (χ1) is 13.1. The SMILES string of the molecule is C=CCNC(=O)c1ccccc1NC(=O)[C@@H]1CC(=O)N(c2ccccc2)C1. The summed E-state index contributed by atoms with van der Waals surface area (Å²) < 4.78 is 0. The van der Waals surface area contributed by atoms with Gasteiger partial charge in [-0.1, -0.05) is 36.4 Å². The van der Waals surface area contributed by atoms with Crippen molar-refractivity contribution in [3.05, 3.63) is 72.8 Å². The predicted molar refractivity (Wildman–Crippen MR) is 105 cm³/mol. The van der Waals surface area contributed by atoms with Gasteiger partial charge in [-0.2, -0.15) is 0 Å². The van der Waals surface area contributed by atoms with Gasteiger partial charge in [-0.3, -0.25) is 14.4 Å². The Hall–Kier alpha value is -3.41. The second-order valence-corrected chi connectivity index (χ2v) is 6.27. The van der Waals surface area contributed by atoms with Crippen LogP contribution in [0.5, 0.6) is 0 Å². The fourth-order valence-electron chi connectivity index (χ4n) is 3.03. The van der Waals surface area contributed by atoms with Gasteiger partial charge in [0.1, 0.15) is 0 Å². The Morgan fingerprint density at radius 3 is 2.56 bits per heavy atom. The Morgan fingerprint density at radius 1 is 1.11 bits per heavy atom. The van der Waals surface area contributed by atoms with E-state index in [1.165, 1.54) is 0 Å². The lowest BCUT2D eigenvalue weighted by Crippen LogP contribution is -2.29. The Kier molecular flexibility index (Phi) is 5.66. The normalized spacial score (nSPS) is 16.1. The minimum atomic E-state index is -0.470. The Labute approximate surface area is 157 Å². The number of anilines is 2. The first kappa shape index (κ1) is 18.4. The summed E-state index contributed by atoms with van der Waals surface area (Å²) in [7, 11) is 0. The van der Waals surface area contributed by atoms with E-state index in [2.05, 4.69) is 17.2 Å². The van der Waals surface area contributed by atoms with E-state index >= 15 is 0 Å². The van der Waals surface area contributed by atoms with Crippen LogP contribution in [0.15, 0.2) is 67.3 Å². The van der Waals surface area contributed by atoms with Crippen LogP contribution >= 0.6 is 0 Å². The molecule has 0 spiro atoms. The van der Waals surface area contributed by atoms with Gasteiger partial charge in [0, 0.05) is 25.2 Å². The Morgan fingerprint density at radius 2 is 1.81 bits per heavy atom. The van der Waals surface area contributed by atoms with Crippen molar-refractivity contribution in [2.24, 2.45) is 5.92 Å². The number of benzene rings is 2. The topological polar surface area (TPSA) is 78.5 Å². The smallest absolute Gasteiger partial charge is 0.253 e. The first-order valence-corrected chi connectivity index (χ1v) is 8.74. The third-order valence-electron chi connectivity index (χ3n) is 4.40. The highest BCUT2D eigenvalue weighted by atomic mass is 16.2. The third-order valence-corrected chi connectivity index (χ3v) is 4.40. The number of nitrogens with one attached hydrogen (secondary N) is 2. The van der Waals surface area contributed by atoms with Crippen molar-refractivity contribution in [2.45, 2.75) is 6.42 Å². The van der Waals surface area contributed by atoms with Gasteiger partial charge in [-0.15, -0.1) is 6.58 Å². The highest BCUT2D eigenvalue weighted by Gasteiger charge is 2.35. The van der Waals surface area contributed by atoms with Gasteiger partial charge in [0.15, 0.2) is 0 Å². The molecule has 6 nitrogen and oxygen atoms in total. The summed E-state index contributed by atoms with van der Waals surface area (Å²) >= 11 is 0. The Balaban J connectivity index is 1.71. The van der Waals surface area contributed by atoms with Crippen LogP contribution < -0.4 is 15.5 Å². The average Bonchev–Trinajstić information content (AvgIpc) is 3.09. The van der Waals surface area contributed by atoms with Crippen LogP contribution in [0.4, 0.5) is 11.4 Å². The van der Waals surface area contributed by atoms with Gasteiger partial charge in [0.05, 0.1) is 17.2 Å². The molecule has 0 aliphatic carbocycles. The maximum absolute atomic E-state index is 12.7. The predicted octanol–water partition coefficient (Wildman–Crippen LogP) is 2.59. The molecule has 27 heavy (non-hydrogen) atoms. The lowest BCUT2D eigenvalue weighted by Gasteiger charge is -2.17. The van der Waals surface area contributed by atoms with Crippen molar-refractivity contribution in [1.82, 2.24) is 5.32 Å². The second-order valence-electron chi connectivity index (χ2n) is 6.27. The Bertz CT molecular complexity index is 864. The van der Waals surface area contributed by atoms with Crippen LogP contribution in [0.2, 0.25) is 0 Å². The van der Waals surface area contributed by atoms with Gasteiger partial charge in [-0.05, 0) is 24.3 Å². The quantitative estimate of drug-likeness (QED) is 0.775. The third kappa shape index (κ3) is 4.23. The molecule has 2 N–H and O–H groups in total. The molecule has 0 unspecified atom stereocenters. The van der Waals surface area contributed by atoms with Crippen molar-refractivity contribution in [2.75, 3.05) is 23.3 Å².